The molecule has 1 heterocycles. The molecule has 0 radical (unpaired) electrons. The highest BCUT2D eigenvalue weighted by atomic mass is 16.5. The maximum absolute atomic E-state index is 13.0. The molecule has 0 bridgehead atoms. The Labute approximate surface area is 171 Å². The highest BCUT2D eigenvalue weighted by molar-refractivity contribution is 5.83. The van der Waals surface area contributed by atoms with Gasteiger partial charge in [-0.25, -0.2) is 0 Å². The molecule has 5 heteroatoms. The fourth-order valence-electron chi connectivity index (χ4n) is 3.29. The Hall–Kier alpha value is -2.63. The zero-order valence-electron chi connectivity index (χ0n) is 17.8. The first-order chi connectivity index (χ1) is 13.7. The Balaban J connectivity index is 1.82. The third-order valence-electron chi connectivity index (χ3n) is 5.61. The molecule has 1 aromatic heterocycles. The Bertz CT molecular complexity index is 1040. The molecule has 0 aliphatic heterocycles. The van der Waals surface area contributed by atoms with Crippen LogP contribution in [0.4, 0.5) is 0 Å². The number of likely N-dealkylation sites (N-methyl/N-ethyl adjacent to an activating group) is 1. The summed E-state index contributed by atoms with van der Waals surface area (Å²) in [6, 6.07) is 15.0. The maximum Gasteiger partial charge on any atom is 0.200 e. The summed E-state index contributed by atoms with van der Waals surface area (Å²) in [6.07, 6.45) is -0.836. The molecule has 0 amide bonds. The van der Waals surface area contributed by atoms with E-state index < -0.39 is 6.10 Å². The van der Waals surface area contributed by atoms with Crippen LogP contribution >= 0.6 is 0 Å². The first-order valence-corrected chi connectivity index (χ1v) is 9.93. The largest absolute Gasteiger partial charge is 0.846 e. The van der Waals surface area contributed by atoms with Crippen LogP contribution in [0.15, 0.2) is 57.7 Å². The van der Waals surface area contributed by atoms with E-state index in [-0.39, 0.29) is 12.0 Å². The molecule has 2 aromatic carbocycles. The van der Waals surface area contributed by atoms with Gasteiger partial charge in [0.25, 0.3) is 0 Å². The predicted octanol–water partition coefficient (Wildman–Crippen LogP) is 3.36. The highest BCUT2D eigenvalue weighted by Crippen LogP contribution is 2.26. The van der Waals surface area contributed by atoms with Crippen LogP contribution in [0, 0.1) is 6.92 Å². The van der Waals surface area contributed by atoms with Gasteiger partial charge in [0.2, 0.25) is 5.43 Å². The van der Waals surface area contributed by atoms with Crippen molar-refractivity contribution in [2.45, 2.75) is 32.9 Å². The molecule has 0 fully saturated rings. The van der Waals surface area contributed by atoms with Crippen LogP contribution in [0.5, 0.6) is 5.75 Å². The first kappa shape index (κ1) is 21.1. The van der Waals surface area contributed by atoms with Gasteiger partial charge in [0.15, 0.2) is 0 Å². The van der Waals surface area contributed by atoms with Gasteiger partial charge in [-0.15, -0.1) is 0 Å². The Morgan fingerprint density at radius 1 is 1.10 bits per heavy atom. The zero-order valence-corrected chi connectivity index (χ0v) is 17.8. The minimum atomic E-state index is -0.836. The molecule has 0 saturated carbocycles. The standard InChI is InChI=1S/C24H29NO4/c1-16(2)25(4,5)14-19(26)15-28-20-11-12-21-22(13-20)29-17(3)23(24(21)27)18-9-7-6-8-10-18/h6-13,16,19H,14-15H2,1-5H3. The average molecular weight is 395 g/mol. The fourth-order valence-corrected chi connectivity index (χ4v) is 3.29. The van der Waals surface area contributed by atoms with Crippen molar-refractivity contribution in [1.29, 1.82) is 0 Å². The molecule has 0 spiro atoms. The third-order valence-corrected chi connectivity index (χ3v) is 5.61. The molecule has 0 aliphatic rings. The summed E-state index contributed by atoms with van der Waals surface area (Å²) < 4.78 is 12.3. The second-order valence-corrected chi connectivity index (χ2v) is 8.37. The van der Waals surface area contributed by atoms with E-state index in [0.29, 0.717) is 45.1 Å². The van der Waals surface area contributed by atoms with E-state index >= 15 is 0 Å². The molecule has 29 heavy (non-hydrogen) atoms. The Morgan fingerprint density at radius 2 is 1.79 bits per heavy atom. The summed E-state index contributed by atoms with van der Waals surface area (Å²) in [4.78, 5) is 13.0. The van der Waals surface area contributed by atoms with Gasteiger partial charge in [0.05, 0.1) is 44.2 Å². The van der Waals surface area contributed by atoms with Gasteiger partial charge in [-0.05, 0) is 44.6 Å². The molecular formula is C24H29NO4. The monoisotopic (exact) mass is 395 g/mol. The minimum absolute atomic E-state index is 0.0702. The third kappa shape index (κ3) is 4.69. The normalized spacial score (nSPS) is 13.1. The van der Waals surface area contributed by atoms with Crippen molar-refractivity contribution in [1.82, 2.24) is 0 Å². The number of benzene rings is 2. The molecule has 0 saturated heterocycles. The lowest BCUT2D eigenvalue weighted by Crippen LogP contribution is -2.54. The van der Waals surface area contributed by atoms with E-state index in [0.717, 1.165) is 5.56 Å². The van der Waals surface area contributed by atoms with Crippen LogP contribution < -0.4 is 15.3 Å². The number of aryl methyl sites for hydroxylation is 1. The van der Waals surface area contributed by atoms with Crippen molar-refractivity contribution in [3.05, 3.63) is 64.5 Å². The predicted molar refractivity (Wildman–Crippen MR) is 114 cm³/mol. The average Bonchev–Trinajstić information content (AvgIpc) is 2.66. The summed E-state index contributed by atoms with van der Waals surface area (Å²) in [6.45, 7) is 6.55. The van der Waals surface area contributed by atoms with Gasteiger partial charge in [-0.3, -0.25) is 4.79 Å². The smallest absolute Gasteiger partial charge is 0.200 e. The molecule has 3 aromatic rings. The maximum atomic E-state index is 13.0. The topological polar surface area (TPSA) is 62.5 Å². The van der Waals surface area contributed by atoms with Gasteiger partial charge in [-0.1, -0.05) is 30.3 Å². The molecule has 0 N–H and O–H groups in total. The van der Waals surface area contributed by atoms with E-state index in [1.165, 1.54) is 0 Å². The number of rotatable bonds is 7. The summed E-state index contributed by atoms with van der Waals surface area (Å²) in [5, 5.41) is 12.9. The van der Waals surface area contributed by atoms with E-state index in [1.807, 2.05) is 44.4 Å². The summed E-state index contributed by atoms with van der Waals surface area (Å²) >= 11 is 0. The molecule has 5 nitrogen and oxygen atoms in total. The van der Waals surface area contributed by atoms with Crippen LogP contribution in [0.2, 0.25) is 0 Å². The summed E-state index contributed by atoms with van der Waals surface area (Å²) in [5.41, 5.74) is 1.80. The van der Waals surface area contributed by atoms with Crippen molar-refractivity contribution < 1.29 is 18.7 Å². The summed E-state index contributed by atoms with van der Waals surface area (Å²) in [5.74, 6) is 1.09. The van der Waals surface area contributed by atoms with Crippen LogP contribution in [-0.4, -0.2) is 43.9 Å². The van der Waals surface area contributed by atoms with Crippen molar-refractivity contribution in [2.24, 2.45) is 0 Å². The van der Waals surface area contributed by atoms with E-state index in [4.69, 9.17) is 9.15 Å². The first-order valence-electron chi connectivity index (χ1n) is 9.93. The number of fused-ring (bicyclic) bond motifs is 1. The zero-order chi connectivity index (χ0) is 21.2. The molecule has 1 atom stereocenters. The SMILES string of the molecule is Cc1oc2cc(OCC([O-])C[N+](C)(C)C(C)C)ccc2c(=O)c1-c1ccccc1. The van der Waals surface area contributed by atoms with Gasteiger partial charge in [0, 0.05) is 6.07 Å². The quantitative estimate of drug-likeness (QED) is 0.576. The van der Waals surface area contributed by atoms with E-state index in [9.17, 15) is 9.90 Å². The van der Waals surface area contributed by atoms with Crippen molar-refractivity contribution in [2.75, 3.05) is 27.2 Å². The molecule has 0 aliphatic carbocycles. The minimum Gasteiger partial charge on any atom is -0.846 e. The molecule has 154 valence electrons. The second-order valence-electron chi connectivity index (χ2n) is 8.37. The van der Waals surface area contributed by atoms with E-state index in [1.54, 1.807) is 25.1 Å². The van der Waals surface area contributed by atoms with Gasteiger partial charge >= 0.3 is 0 Å². The van der Waals surface area contributed by atoms with Crippen LogP contribution in [0.1, 0.15) is 19.6 Å². The van der Waals surface area contributed by atoms with Crippen LogP contribution in [0.25, 0.3) is 22.1 Å². The Kier molecular flexibility index (Phi) is 6.10. The molecular weight excluding hydrogens is 366 g/mol. The van der Waals surface area contributed by atoms with Crippen molar-refractivity contribution in [3.8, 4) is 16.9 Å². The number of nitrogens with zero attached hydrogens (tertiary/aromatic N) is 1. The van der Waals surface area contributed by atoms with Crippen LogP contribution in [-0.2, 0) is 0 Å². The lowest BCUT2D eigenvalue weighted by molar-refractivity contribution is -0.919. The van der Waals surface area contributed by atoms with E-state index in [2.05, 4.69) is 13.8 Å². The number of hydrogen-bond acceptors (Lipinski definition) is 4. The van der Waals surface area contributed by atoms with Gasteiger partial charge in [-0.2, -0.15) is 0 Å². The van der Waals surface area contributed by atoms with Crippen molar-refractivity contribution in [3.63, 3.8) is 0 Å². The number of ether oxygens (including phenoxy) is 1. The number of quaternary nitrogens is 1. The molecule has 3 rings (SSSR count). The highest BCUT2D eigenvalue weighted by Gasteiger charge is 2.20. The van der Waals surface area contributed by atoms with Gasteiger partial charge < -0.3 is 18.7 Å². The van der Waals surface area contributed by atoms with Crippen LogP contribution in [0.3, 0.4) is 0 Å². The number of hydrogen-bond donors (Lipinski definition) is 0. The fraction of sp³-hybridized carbons (Fsp3) is 0.375. The second kappa shape index (κ2) is 8.39. The Morgan fingerprint density at radius 3 is 2.45 bits per heavy atom. The lowest BCUT2D eigenvalue weighted by atomic mass is 10.0. The lowest BCUT2D eigenvalue weighted by Gasteiger charge is -2.39. The van der Waals surface area contributed by atoms with Gasteiger partial charge in [0.1, 0.15) is 17.1 Å². The van der Waals surface area contributed by atoms with Crippen molar-refractivity contribution >= 4 is 11.0 Å². The molecule has 1 unspecified atom stereocenters. The summed E-state index contributed by atoms with van der Waals surface area (Å²) in [7, 11) is 4.10.